The van der Waals surface area contributed by atoms with Gasteiger partial charge in [0.2, 0.25) is 0 Å². The van der Waals surface area contributed by atoms with Crippen molar-refractivity contribution in [3.63, 3.8) is 0 Å². The molecule has 0 saturated carbocycles. The Morgan fingerprint density at radius 1 is 1.47 bits per heavy atom. The summed E-state index contributed by atoms with van der Waals surface area (Å²) in [5.74, 6) is 0.799. The summed E-state index contributed by atoms with van der Waals surface area (Å²) in [6.45, 7) is 2.10. The number of halogens is 2. The lowest BCUT2D eigenvalue weighted by Crippen LogP contribution is -1.97. The molecule has 0 bridgehead atoms. The van der Waals surface area contributed by atoms with Crippen LogP contribution in [0.5, 0.6) is 0 Å². The van der Waals surface area contributed by atoms with Crippen molar-refractivity contribution < 1.29 is 0 Å². The van der Waals surface area contributed by atoms with Crippen molar-refractivity contribution in [1.82, 2.24) is 9.78 Å². The monoisotopic (exact) mass is 359 g/mol. The first-order valence-electron chi connectivity index (χ1n) is 5.91. The fourth-order valence-electron chi connectivity index (χ4n) is 1.75. The van der Waals surface area contributed by atoms with Crippen LogP contribution < -0.4 is 5.73 Å². The number of benzene rings is 1. The highest BCUT2D eigenvalue weighted by atomic mass is 79.9. The predicted molar refractivity (Wildman–Crippen MR) is 85.7 cm³/mol. The SMILES string of the molecule is CCc1nn(C)c(CSc2cc(N)ccc2Cl)c1Br. The van der Waals surface area contributed by atoms with E-state index >= 15 is 0 Å². The molecule has 0 unspecified atom stereocenters. The van der Waals surface area contributed by atoms with Gasteiger partial charge in [-0.3, -0.25) is 4.68 Å². The van der Waals surface area contributed by atoms with Gasteiger partial charge >= 0.3 is 0 Å². The second kappa shape index (κ2) is 6.20. The van der Waals surface area contributed by atoms with Gasteiger partial charge in [0.1, 0.15) is 0 Å². The van der Waals surface area contributed by atoms with Crippen molar-refractivity contribution in [3.8, 4) is 0 Å². The van der Waals surface area contributed by atoms with Gasteiger partial charge in [-0.2, -0.15) is 5.10 Å². The smallest absolute Gasteiger partial charge is 0.0767 e. The van der Waals surface area contributed by atoms with E-state index < -0.39 is 0 Å². The summed E-state index contributed by atoms with van der Waals surface area (Å²) >= 11 is 11.4. The minimum absolute atomic E-state index is 0.727. The summed E-state index contributed by atoms with van der Waals surface area (Å²) in [5.41, 5.74) is 8.74. The summed E-state index contributed by atoms with van der Waals surface area (Å²) in [6, 6.07) is 5.54. The lowest BCUT2D eigenvalue weighted by molar-refractivity contribution is 0.719. The van der Waals surface area contributed by atoms with E-state index in [9.17, 15) is 0 Å². The van der Waals surface area contributed by atoms with Crippen molar-refractivity contribution in [2.45, 2.75) is 24.0 Å². The predicted octanol–water partition coefficient (Wildman–Crippen LogP) is 4.27. The quantitative estimate of drug-likeness (QED) is 0.654. The van der Waals surface area contributed by atoms with Gasteiger partial charge in [0.15, 0.2) is 0 Å². The number of aromatic nitrogens is 2. The highest BCUT2D eigenvalue weighted by Gasteiger charge is 2.13. The van der Waals surface area contributed by atoms with Gasteiger partial charge < -0.3 is 5.73 Å². The topological polar surface area (TPSA) is 43.8 Å². The van der Waals surface area contributed by atoms with Crippen LogP contribution in [0.1, 0.15) is 18.3 Å². The Hall–Kier alpha value is -0.650. The van der Waals surface area contributed by atoms with Crippen molar-refractivity contribution in [2.24, 2.45) is 7.05 Å². The molecule has 0 spiro atoms. The minimum atomic E-state index is 0.727. The zero-order valence-electron chi connectivity index (χ0n) is 10.8. The molecule has 0 saturated heterocycles. The summed E-state index contributed by atoms with van der Waals surface area (Å²) in [7, 11) is 1.96. The summed E-state index contributed by atoms with van der Waals surface area (Å²) < 4.78 is 3.00. The average molecular weight is 361 g/mol. The van der Waals surface area contributed by atoms with E-state index in [0.717, 1.165) is 43.6 Å². The highest BCUT2D eigenvalue weighted by Crippen LogP contribution is 2.33. The molecular weight excluding hydrogens is 346 g/mol. The molecule has 1 aromatic carbocycles. The molecule has 19 heavy (non-hydrogen) atoms. The van der Waals surface area contributed by atoms with Crippen LogP contribution in [0.25, 0.3) is 0 Å². The van der Waals surface area contributed by atoms with Gasteiger partial charge in [0.05, 0.1) is 20.9 Å². The molecule has 1 heterocycles. The second-order valence-corrected chi connectivity index (χ2v) is 6.38. The third-order valence-corrected chi connectivity index (χ3v) is 5.25. The zero-order valence-corrected chi connectivity index (χ0v) is 13.9. The molecule has 102 valence electrons. The number of hydrogen-bond donors (Lipinski definition) is 1. The first kappa shape index (κ1) is 14.8. The molecule has 0 aliphatic heterocycles. The van der Waals surface area contributed by atoms with E-state index in [1.54, 1.807) is 11.8 Å². The zero-order chi connectivity index (χ0) is 14.0. The van der Waals surface area contributed by atoms with Gasteiger partial charge in [0, 0.05) is 23.4 Å². The Morgan fingerprint density at radius 2 is 2.21 bits per heavy atom. The Kier molecular flexibility index (Phi) is 4.81. The van der Waals surface area contributed by atoms with Crippen LogP contribution in [0.4, 0.5) is 5.69 Å². The lowest BCUT2D eigenvalue weighted by atomic mass is 10.3. The number of nitrogens with two attached hydrogens (primary N) is 1. The normalized spacial score (nSPS) is 10.9. The molecule has 0 aliphatic rings. The van der Waals surface area contributed by atoms with E-state index in [-0.39, 0.29) is 0 Å². The first-order chi connectivity index (χ1) is 9.02. The number of thioether (sulfide) groups is 1. The van der Waals surface area contributed by atoms with Crippen LogP contribution in [-0.4, -0.2) is 9.78 Å². The maximum Gasteiger partial charge on any atom is 0.0767 e. The minimum Gasteiger partial charge on any atom is -0.399 e. The van der Waals surface area contributed by atoms with Gasteiger partial charge in [-0.15, -0.1) is 11.8 Å². The summed E-state index contributed by atoms with van der Waals surface area (Å²) in [6.07, 6.45) is 0.915. The van der Waals surface area contributed by atoms with Gasteiger partial charge in [0.25, 0.3) is 0 Å². The summed E-state index contributed by atoms with van der Waals surface area (Å²) in [4.78, 5) is 0.993. The number of nitrogens with zero attached hydrogens (tertiary/aromatic N) is 2. The molecular formula is C13H15BrClN3S. The number of rotatable bonds is 4. The van der Waals surface area contributed by atoms with Crippen LogP contribution in [0.2, 0.25) is 5.02 Å². The maximum atomic E-state index is 6.16. The van der Waals surface area contributed by atoms with Crippen molar-refractivity contribution in [3.05, 3.63) is 39.1 Å². The van der Waals surface area contributed by atoms with E-state index in [0.29, 0.717) is 0 Å². The maximum absolute atomic E-state index is 6.16. The van der Waals surface area contributed by atoms with Crippen molar-refractivity contribution in [1.29, 1.82) is 0 Å². The fraction of sp³-hybridized carbons (Fsp3) is 0.308. The molecule has 1 aromatic heterocycles. The lowest BCUT2D eigenvalue weighted by Gasteiger charge is -2.06. The van der Waals surface area contributed by atoms with Gasteiger partial charge in [-0.1, -0.05) is 18.5 Å². The second-order valence-electron chi connectivity index (χ2n) is 4.16. The largest absolute Gasteiger partial charge is 0.399 e. The molecule has 0 amide bonds. The van der Waals surface area contributed by atoms with Crippen molar-refractivity contribution >= 4 is 45.0 Å². The number of hydrogen-bond acceptors (Lipinski definition) is 3. The Bertz CT molecular complexity index is 598. The summed E-state index contributed by atoms with van der Waals surface area (Å²) in [5, 5.41) is 5.21. The molecule has 2 rings (SSSR count). The average Bonchev–Trinajstić information content (AvgIpc) is 2.66. The number of nitrogen functional groups attached to an aromatic ring is 1. The molecule has 3 nitrogen and oxygen atoms in total. The van der Waals surface area contributed by atoms with Crippen molar-refractivity contribution in [2.75, 3.05) is 5.73 Å². The number of anilines is 1. The van der Waals surface area contributed by atoms with Crippen LogP contribution >= 0.6 is 39.3 Å². The van der Waals surface area contributed by atoms with Crippen LogP contribution in [-0.2, 0) is 19.2 Å². The molecule has 6 heteroatoms. The molecule has 2 N–H and O–H groups in total. The van der Waals surface area contributed by atoms with Crippen LogP contribution in [0.15, 0.2) is 27.6 Å². The van der Waals surface area contributed by atoms with Crippen LogP contribution in [0, 0.1) is 0 Å². The fourth-order valence-corrected chi connectivity index (χ4v) is 4.03. The molecule has 0 radical (unpaired) electrons. The number of aryl methyl sites for hydroxylation is 2. The molecule has 2 aromatic rings. The third kappa shape index (κ3) is 3.27. The Labute approximate surface area is 130 Å². The molecule has 0 aliphatic carbocycles. The van der Waals surface area contributed by atoms with E-state index in [1.807, 2.05) is 29.9 Å². The third-order valence-electron chi connectivity index (χ3n) is 2.82. The van der Waals surface area contributed by atoms with Gasteiger partial charge in [-0.05, 0) is 40.5 Å². The van der Waals surface area contributed by atoms with E-state index in [1.165, 1.54) is 0 Å². The standard InChI is InChI=1S/C13H15BrClN3S/c1-3-10-13(14)11(18(2)17-10)7-19-12-6-8(16)4-5-9(12)15/h4-6H,3,7,16H2,1-2H3. The van der Waals surface area contributed by atoms with Gasteiger partial charge in [-0.25, -0.2) is 0 Å². The van der Waals surface area contributed by atoms with E-state index in [2.05, 4.69) is 28.0 Å². The Morgan fingerprint density at radius 3 is 2.84 bits per heavy atom. The van der Waals surface area contributed by atoms with E-state index in [4.69, 9.17) is 17.3 Å². The molecule has 0 atom stereocenters. The van der Waals surface area contributed by atoms with Crippen LogP contribution in [0.3, 0.4) is 0 Å². The Balaban J connectivity index is 2.19. The molecule has 0 fully saturated rings. The first-order valence-corrected chi connectivity index (χ1v) is 8.06. The highest BCUT2D eigenvalue weighted by molar-refractivity contribution is 9.10.